The maximum absolute atomic E-state index is 13.9. The Balaban J connectivity index is 1.62. The van der Waals surface area contributed by atoms with Gasteiger partial charge in [0.15, 0.2) is 0 Å². The number of hydrazine groups is 1. The molecule has 3 N–H and O–H groups in total. The standard InChI is InChI=1S/C18H15F2N3O4/c19-11-5-6-14(13(20)8-11)23-9-10(7-16(23)25)17(26)21-22-18(27)12-3-1-2-4-15(12)24/h1-6,8,10,24H,7,9H2,(H,21,26)(H,22,27). The van der Waals surface area contributed by atoms with E-state index < -0.39 is 35.3 Å². The van der Waals surface area contributed by atoms with Crippen LogP contribution in [0.4, 0.5) is 14.5 Å². The van der Waals surface area contributed by atoms with Gasteiger partial charge in [-0.2, -0.15) is 0 Å². The van der Waals surface area contributed by atoms with Crippen LogP contribution in [0.1, 0.15) is 16.8 Å². The number of phenolic OH excluding ortho intramolecular Hbond substituents is 1. The average Bonchev–Trinajstić information content (AvgIpc) is 3.01. The SMILES string of the molecule is O=C(NNC(=O)C1CC(=O)N(c2ccc(F)cc2F)C1)c1ccccc1O. The van der Waals surface area contributed by atoms with Gasteiger partial charge in [-0.1, -0.05) is 12.1 Å². The number of halogens is 2. The Bertz CT molecular complexity index is 919. The molecule has 2 aromatic carbocycles. The predicted octanol–water partition coefficient (Wildman–Crippen LogP) is 1.48. The summed E-state index contributed by atoms with van der Waals surface area (Å²) in [6.07, 6.45) is -0.185. The number of para-hydroxylation sites is 1. The minimum absolute atomic E-state index is 0.0321. The van der Waals surface area contributed by atoms with Crippen molar-refractivity contribution in [3.63, 3.8) is 0 Å². The molecule has 0 aromatic heterocycles. The largest absolute Gasteiger partial charge is 0.507 e. The first-order valence-electron chi connectivity index (χ1n) is 8.00. The van der Waals surface area contributed by atoms with Crippen LogP contribution < -0.4 is 15.8 Å². The molecule has 3 amide bonds. The van der Waals surface area contributed by atoms with E-state index in [1.807, 2.05) is 0 Å². The highest BCUT2D eigenvalue weighted by Gasteiger charge is 2.36. The van der Waals surface area contributed by atoms with Crippen molar-refractivity contribution in [2.75, 3.05) is 11.4 Å². The van der Waals surface area contributed by atoms with Gasteiger partial charge in [0, 0.05) is 19.0 Å². The number of carbonyl (C=O) groups is 3. The molecule has 9 heteroatoms. The van der Waals surface area contributed by atoms with Crippen LogP contribution in [0.25, 0.3) is 0 Å². The van der Waals surface area contributed by atoms with Gasteiger partial charge in [0.25, 0.3) is 5.91 Å². The average molecular weight is 375 g/mol. The third-order valence-corrected chi connectivity index (χ3v) is 4.14. The molecule has 0 radical (unpaired) electrons. The molecule has 3 rings (SSSR count). The number of phenols is 1. The molecule has 140 valence electrons. The Kier molecular flexibility index (Phi) is 5.02. The van der Waals surface area contributed by atoms with Gasteiger partial charge in [-0.15, -0.1) is 0 Å². The number of carbonyl (C=O) groups excluding carboxylic acids is 3. The monoisotopic (exact) mass is 375 g/mol. The van der Waals surface area contributed by atoms with E-state index in [0.29, 0.717) is 6.07 Å². The Labute approximate surface area is 152 Å². The van der Waals surface area contributed by atoms with E-state index in [-0.39, 0.29) is 30.0 Å². The molecule has 1 aliphatic rings. The Morgan fingerprint density at radius 1 is 1.11 bits per heavy atom. The van der Waals surface area contributed by atoms with Gasteiger partial charge in [-0.25, -0.2) is 8.78 Å². The topological polar surface area (TPSA) is 98.7 Å². The highest BCUT2D eigenvalue weighted by atomic mass is 19.1. The summed E-state index contributed by atoms with van der Waals surface area (Å²) < 4.78 is 26.9. The van der Waals surface area contributed by atoms with Crippen LogP contribution in [0.3, 0.4) is 0 Å². The molecule has 0 aliphatic carbocycles. The molecule has 1 unspecified atom stereocenters. The molecular weight excluding hydrogens is 360 g/mol. The van der Waals surface area contributed by atoms with E-state index in [0.717, 1.165) is 17.0 Å². The van der Waals surface area contributed by atoms with Crippen molar-refractivity contribution < 1.29 is 28.3 Å². The zero-order chi connectivity index (χ0) is 19.6. The second kappa shape index (κ2) is 7.40. The maximum Gasteiger partial charge on any atom is 0.273 e. The molecule has 1 saturated heterocycles. The van der Waals surface area contributed by atoms with Crippen LogP contribution in [0.15, 0.2) is 42.5 Å². The Morgan fingerprint density at radius 2 is 1.85 bits per heavy atom. The number of hydrogen-bond acceptors (Lipinski definition) is 4. The normalized spacial score (nSPS) is 16.3. The molecule has 1 atom stereocenters. The Morgan fingerprint density at radius 3 is 2.56 bits per heavy atom. The molecule has 27 heavy (non-hydrogen) atoms. The van der Waals surface area contributed by atoms with Crippen molar-refractivity contribution >= 4 is 23.4 Å². The van der Waals surface area contributed by atoms with E-state index in [1.165, 1.54) is 18.2 Å². The van der Waals surface area contributed by atoms with Crippen LogP contribution >= 0.6 is 0 Å². The van der Waals surface area contributed by atoms with Crippen molar-refractivity contribution in [2.24, 2.45) is 5.92 Å². The molecule has 7 nitrogen and oxygen atoms in total. The number of nitrogens with zero attached hydrogens (tertiary/aromatic N) is 1. The number of nitrogens with one attached hydrogen (secondary N) is 2. The van der Waals surface area contributed by atoms with Crippen molar-refractivity contribution in [1.29, 1.82) is 0 Å². The van der Waals surface area contributed by atoms with Crippen molar-refractivity contribution in [2.45, 2.75) is 6.42 Å². The lowest BCUT2D eigenvalue weighted by Crippen LogP contribution is -2.45. The fourth-order valence-corrected chi connectivity index (χ4v) is 2.77. The number of benzene rings is 2. The first kappa shape index (κ1) is 18.3. The van der Waals surface area contributed by atoms with Gasteiger partial charge in [0.2, 0.25) is 11.8 Å². The van der Waals surface area contributed by atoms with E-state index in [1.54, 1.807) is 6.07 Å². The fraction of sp³-hybridized carbons (Fsp3) is 0.167. The zero-order valence-electron chi connectivity index (χ0n) is 13.9. The summed E-state index contributed by atoms with van der Waals surface area (Å²) >= 11 is 0. The van der Waals surface area contributed by atoms with Crippen LogP contribution in [-0.4, -0.2) is 29.4 Å². The van der Waals surface area contributed by atoms with Crippen LogP contribution in [0.2, 0.25) is 0 Å². The minimum Gasteiger partial charge on any atom is -0.507 e. The van der Waals surface area contributed by atoms with E-state index in [9.17, 15) is 28.3 Å². The lowest BCUT2D eigenvalue weighted by molar-refractivity contribution is -0.126. The summed E-state index contributed by atoms with van der Waals surface area (Å²) in [6, 6.07) is 8.58. The smallest absolute Gasteiger partial charge is 0.273 e. The van der Waals surface area contributed by atoms with Crippen LogP contribution in [0.5, 0.6) is 5.75 Å². The lowest BCUT2D eigenvalue weighted by atomic mass is 10.1. The first-order valence-corrected chi connectivity index (χ1v) is 8.00. The van der Waals surface area contributed by atoms with Crippen LogP contribution in [-0.2, 0) is 9.59 Å². The van der Waals surface area contributed by atoms with Crippen LogP contribution in [0, 0.1) is 17.6 Å². The van der Waals surface area contributed by atoms with E-state index in [2.05, 4.69) is 10.9 Å². The quantitative estimate of drug-likeness (QED) is 0.708. The molecule has 0 saturated carbocycles. The number of rotatable bonds is 3. The summed E-state index contributed by atoms with van der Waals surface area (Å²) in [4.78, 5) is 37.3. The van der Waals surface area contributed by atoms with E-state index in [4.69, 9.17) is 0 Å². The highest BCUT2D eigenvalue weighted by molar-refractivity contribution is 6.01. The van der Waals surface area contributed by atoms with Crippen molar-refractivity contribution in [1.82, 2.24) is 10.9 Å². The lowest BCUT2D eigenvalue weighted by Gasteiger charge is -2.17. The predicted molar refractivity (Wildman–Crippen MR) is 90.5 cm³/mol. The summed E-state index contributed by atoms with van der Waals surface area (Å²) in [5.41, 5.74) is 4.19. The van der Waals surface area contributed by atoms with Gasteiger partial charge in [0.1, 0.15) is 17.4 Å². The second-order valence-corrected chi connectivity index (χ2v) is 5.96. The summed E-state index contributed by atoms with van der Waals surface area (Å²) in [7, 11) is 0. The van der Waals surface area contributed by atoms with Gasteiger partial charge >= 0.3 is 0 Å². The van der Waals surface area contributed by atoms with Gasteiger partial charge in [-0.05, 0) is 24.3 Å². The third kappa shape index (κ3) is 3.86. The van der Waals surface area contributed by atoms with Gasteiger partial charge < -0.3 is 10.0 Å². The summed E-state index contributed by atoms with van der Waals surface area (Å²) in [6.45, 7) is -0.111. The molecule has 1 heterocycles. The van der Waals surface area contributed by atoms with E-state index >= 15 is 0 Å². The summed E-state index contributed by atoms with van der Waals surface area (Å²) in [5, 5.41) is 9.61. The van der Waals surface area contributed by atoms with Crippen molar-refractivity contribution in [3.05, 3.63) is 59.7 Å². The maximum atomic E-state index is 13.9. The molecule has 0 bridgehead atoms. The molecule has 2 aromatic rings. The number of aromatic hydroxyl groups is 1. The summed E-state index contributed by atoms with van der Waals surface area (Å²) in [5.74, 6) is -4.62. The molecule has 1 aliphatic heterocycles. The minimum atomic E-state index is -0.905. The first-order chi connectivity index (χ1) is 12.9. The number of hydrogen-bond donors (Lipinski definition) is 3. The molecule has 0 spiro atoms. The fourth-order valence-electron chi connectivity index (χ4n) is 2.77. The van der Waals surface area contributed by atoms with Gasteiger partial charge in [-0.3, -0.25) is 25.2 Å². The van der Waals surface area contributed by atoms with Crippen molar-refractivity contribution in [3.8, 4) is 5.75 Å². The zero-order valence-corrected chi connectivity index (χ0v) is 13.9. The highest BCUT2D eigenvalue weighted by Crippen LogP contribution is 2.28. The molecular formula is C18H15F2N3O4. The molecule has 1 fully saturated rings. The van der Waals surface area contributed by atoms with Gasteiger partial charge in [0.05, 0.1) is 17.2 Å². The Hall–Kier alpha value is -3.49. The number of amides is 3. The second-order valence-electron chi connectivity index (χ2n) is 5.96. The number of anilines is 1. The third-order valence-electron chi connectivity index (χ3n) is 4.14.